The predicted molar refractivity (Wildman–Crippen MR) is 239 cm³/mol. The fourth-order valence-electron chi connectivity index (χ4n) is 8.43. The van der Waals surface area contributed by atoms with Crippen LogP contribution in [0.5, 0.6) is 0 Å². The monoisotopic (exact) mass is 740 g/mol. The lowest BCUT2D eigenvalue weighted by Crippen LogP contribution is -2.06. The van der Waals surface area contributed by atoms with Gasteiger partial charge in [-0.2, -0.15) is 9.97 Å². The first-order valence-corrected chi connectivity index (χ1v) is 19.7. The van der Waals surface area contributed by atoms with Crippen molar-refractivity contribution in [3.05, 3.63) is 217 Å². The molecule has 0 radical (unpaired) electrons. The number of benzene rings is 8. The lowest BCUT2D eigenvalue weighted by molar-refractivity contribution is 0.953. The van der Waals surface area contributed by atoms with E-state index in [2.05, 4.69) is 150 Å². The second-order valence-electron chi connectivity index (χ2n) is 14.8. The largest absolute Gasteiger partial charge is 0.278 e. The third-order valence-corrected chi connectivity index (χ3v) is 11.3. The number of allylic oxidation sites excluding steroid dienone is 1. The summed E-state index contributed by atoms with van der Waals surface area (Å²) in [5.41, 5.74) is 16.4. The molecule has 272 valence electrons. The minimum Gasteiger partial charge on any atom is -0.278 e. The molecule has 0 fully saturated rings. The Bertz CT molecular complexity index is 3110. The Morgan fingerprint density at radius 3 is 1.59 bits per heavy atom. The van der Waals surface area contributed by atoms with Crippen molar-refractivity contribution < 1.29 is 0 Å². The van der Waals surface area contributed by atoms with Gasteiger partial charge in [0.1, 0.15) is 0 Å². The van der Waals surface area contributed by atoms with E-state index in [0.29, 0.717) is 17.6 Å². The molecule has 0 aliphatic heterocycles. The van der Waals surface area contributed by atoms with E-state index in [4.69, 9.17) is 15.0 Å². The molecule has 0 atom stereocenters. The minimum atomic E-state index is 0.585. The molecule has 4 heteroatoms. The fourth-order valence-corrected chi connectivity index (χ4v) is 8.43. The highest BCUT2D eigenvalue weighted by Crippen LogP contribution is 2.40. The third-order valence-electron chi connectivity index (χ3n) is 11.3. The number of nitrogens with zero attached hydrogens (tertiary/aromatic N) is 4. The Morgan fingerprint density at radius 2 is 0.897 bits per heavy atom. The van der Waals surface area contributed by atoms with Crippen LogP contribution in [0.15, 0.2) is 200 Å². The summed E-state index contributed by atoms with van der Waals surface area (Å²) in [6.07, 6.45) is 3.25. The van der Waals surface area contributed by atoms with Gasteiger partial charge in [0.15, 0.2) is 11.6 Å². The van der Waals surface area contributed by atoms with E-state index in [1.807, 2.05) is 60.7 Å². The summed E-state index contributed by atoms with van der Waals surface area (Å²) in [4.78, 5) is 15.2. The van der Waals surface area contributed by atoms with Gasteiger partial charge in [0.2, 0.25) is 5.95 Å². The van der Waals surface area contributed by atoms with Gasteiger partial charge in [-0.15, -0.1) is 0 Å². The van der Waals surface area contributed by atoms with Crippen LogP contribution in [0.3, 0.4) is 0 Å². The topological polar surface area (TPSA) is 43.6 Å². The van der Waals surface area contributed by atoms with Crippen molar-refractivity contribution in [2.45, 2.75) is 6.42 Å². The Hall–Kier alpha value is -7.69. The second-order valence-corrected chi connectivity index (χ2v) is 14.8. The molecule has 2 aromatic heterocycles. The van der Waals surface area contributed by atoms with Crippen molar-refractivity contribution in [2.24, 2.45) is 0 Å². The molecule has 0 bridgehead atoms. The van der Waals surface area contributed by atoms with Crippen LogP contribution in [0.25, 0.3) is 95.6 Å². The minimum absolute atomic E-state index is 0.585. The van der Waals surface area contributed by atoms with Crippen molar-refractivity contribution in [3.8, 4) is 62.1 Å². The molecule has 10 aromatic rings. The molecule has 11 rings (SSSR count). The molecule has 4 nitrogen and oxygen atoms in total. The van der Waals surface area contributed by atoms with Crippen LogP contribution in [-0.2, 0) is 6.42 Å². The van der Waals surface area contributed by atoms with Crippen LogP contribution >= 0.6 is 0 Å². The molecule has 0 amide bonds. The number of aromatic nitrogens is 4. The lowest BCUT2D eigenvalue weighted by atomic mass is 9.91. The van der Waals surface area contributed by atoms with E-state index in [0.717, 1.165) is 50.5 Å². The number of para-hydroxylation sites is 1. The second kappa shape index (κ2) is 14.1. The zero-order valence-electron chi connectivity index (χ0n) is 31.6. The molecule has 58 heavy (non-hydrogen) atoms. The summed E-state index contributed by atoms with van der Waals surface area (Å²) in [5.74, 6) is 1.86. The van der Waals surface area contributed by atoms with E-state index >= 15 is 0 Å². The summed E-state index contributed by atoms with van der Waals surface area (Å²) in [6, 6.07) is 71.0. The maximum absolute atomic E-state index is 5.13. The third kappa shape index (κ3) is 5.99. The van der Waals surface area contributed by atoms with Gasteiger partial charge in [0, 0.05) is 21.9 Å². The van der Waals surface area contributed by atoms with Gasteiger partial charge in [-0.3, -0.25) is 4.57 Å². The Labute approximate surface area is 337 Å². The van der Waals surface area contributed by atoms with Gasteiger partial charge in [-0.05, 0) is 80.3 Å². The summed E-state index contributed by atoms with van der Waals surface area (Å²) >= 11 is 0. The molecule has 0 saturated heterocycles. The van der Waals surface area contributed by atoms with Crippen LogP contribution in [-0.4, -0.2) is 19.5 Å². The van der Waals surface area contributed by atoms with Crippen molar-refractivity contribution in [2.75, 3.05) is 0 Å². The summed E-state index contributed by atoms with van der Waals surface area (Å²) in [7, 11) is 0. The molecule has 0 N–H and O–H groups in total. The Balaban J connectivity index is 0.993. The first-order chi connectivity index (χ1) is 28.7. The van der Waals surface area contributed by atoms with Crippen molar-refractivity contribution in [3.63, 3.8) is 0 Å². The van der Waals surface area contributed by atoms with Gasteiger partial charge in [0.05, 0.1) is 11.0 Å². The van der Waals surface area contributed by atoms with Gasteiger partial charge in [-0.25, -0.2) is 4.98 Å². The molecular weight excluding hydrogens is 705 g/mol. The summed E-state index contributed by atoms with van der Waals surface area (Å²) in [6.45, 7) is 0. The highest BCUT2D eigenvalue weighted by atomic mass is 15.2. The first-order valence-electron chi connectivity index (χ1n) is 19.7. The van der Waals surface area contributed by atoms with Crippen LogP contribution in [0, 0.1) is 0 Å². The Morgan fingerprint density at radius 1 is 0.362 bits per heavy atom. The smallest absolute Gasteiger partial charge is 0.238 e. The van der Waals surface area contributed by atoms with Gasteiger partial charge in [-0.1, -0.05) is 188 Å². The highest BCUT2D eigenvalue weighted by Gasteiger charge is 2.20. The molecule has 0 saturated carbocycles. The first kappa shape index (κ1) is 33.6. The van der Waals surface area contributed by atoms with E-state index in [1.54, 1.807) is 0 Å². The van der Waals surface area contributed by atoms with E-state index in [-0.39, 0.29) is 0 Å². The molecule has 1 aliphatic rings. The van der Waals surface area contributed by atoms with E-state index < -0.39 is 0 Å². The molecule has 0 spiro atoms. The molecule has 0 unspecified atom stereocenters. The fraction of sp³-hybridized carbons (Fsp3) is 0.0185. The van der Waals surface area contributed by atoms with Crippen LogP contribution < -0.4 is 0 Å². The summed E-state index contributed by atoms with van der Waals surface area (Å²) in [5, 5.41) is 2.30. The number of hydrogen-bond donors (Lipinski definition) is 0. The van der Waals surface area contributed by atoms with Crippen molar-refractivity contribution in [1.29, 1.82) is 0 Å². The summed E-state index contributed by atoms with van der Waals surface area (Å²) < 4.78 is 2.19. The van der Waals surface area contributed by atoms with E-state index in [9.17, 15) is 0 Å². The SMILES string of the molecule is C1=C(c2ccccc2)Cc2ccc(-c3ccc(-c4ccc5c6ccccc6n(-c6nc(-c7ccccc7)nc(-c7ccccc7)n6)c5c4)cc3)cc2-c2ccccc21. The predicted octanol–water partition coefficient (Wildman–Crippen LogP) is 13.4. The zero-order valence-corrected chi connectivity index (χ0v) is 31.6. The highest BCUT2D eigenvalue weighted by molar-refractivity contribution is 6.10. The molecule has 2 heterocycles. The van der Waals surface area contributed by atoms with Crippen LogP contribution in [0.4, 0.5) is 0 Å². The average Bonchev–Trinajstić information content (AvgIpc) is 3.53. The molecular formula is C54H36N4. The maximum Gasteiger partial charge on any atom is 0.238 e. The van der Waals surface area contributed by atoms with Gasteiger partial charge >= 0.3 is 0 Å². The lowest BCUT2D eigenvalue weighted by Gasteiger charge is -2.13. The normalized spacial score (nSPS) is 12.2. The number of fused-ring (bicyclic) bond motifs is 6. The maximum atomic E-state index is 5.13. The van der Waals surface area contributed by atoms with Crippen LogP contribution in [0.2, 0.25) is 0 Å². The average molecular weight is 741 g/mol. The van der Waals surface area contributed by atoms with Gasteiger partial charge in [0.25, 0.3) is 0 Å². The standard InChI is InChI=1S/C54H36N4/c1-4-14-36(15-5-1)45-32-43-20-10-11-21-46(43)49-34-41(28-29-44(49)33-45)37-24-26-38(27-25-37)42-30-31-48-47-22-12-13-23-50(47)58(51(48)35-42)54-56-52(39-16-6-2-7-17-39)55-53(57-54)40-18-8-3-9-19-40/h1-32,34-35H,33H2. The van der Waals surface area contributed by atoms with Crippen molar-refractivity contribution >= 4 is 33.5 Å². The molecule has 8 aromatic carbocycles. The molecule has 1 aliphatic carbocycles. The number of rotatable bonds is 6. The Kier molecular flexibility index (Phi) is 8.18. The van der Waals surface area contributed by atoms with Crippen molar-refractivity contribution in [1.82, 2.24) is 19.5 Å². The quantitative estimate of drug-likeness (QED) is 0.170. The van der Waals surface area contributed by atoms with Crippen LogP contribution in [0.1, 0.15) is 16.7 Å². The van der Waals surface area contributed by atoms with Gasteiger partial charge < -0.3 is 0 Å². The van der Waals surface area contributed by atoms with E-state index in [1.165, 1.54) is 44.5 Å². The number of hydrogen-bond acceptors (Lipinski definition) is 3. The zero-order chi connectivity index (χ0) is 38.4.